The van der Waals surface area contributed by atoms with E-state index in [0.717, 1.165) is 26.2 Å². The molecule has 1 aromatic rings. The van der Waals surface area contributed by atoms with Gasteiger partial charge in [0.05, 0.1) is 6.33 Å². The highest BCUT2D eigenvalue weighted by atomic mass is 35.5. The molecule has 6 heteroatoms. The molecular weight excluding hydrogens is 240 g/mol. The van der Waals surface area contributed by atoms with Crippen LogP contribution in [0, 0.1) is 0 Å². The first-order valence-corrected chi connectivity index (χ1v) is 6.34. The van der Waals surface area contributed by atoms with Gasteiger partial charge in [-0.15, -0.1) is 0 Å². The zero-order valence-electron chi connectivity index (χ0n) is 9.71. The summed E-state index contributed by atoms with van der Waals surface area (Å²) >= 11 is 5.83. The number of piperidine rings is 1. The molecule has 0 bridgehead atoms. The first kappa shape index (κ1) is 12.4. The van der Waals surface area contributed by atoms with Crippen LogP contribution in [0.25, 0.3) is 0 Å². The van der Waals surface area contributed by atoms with Crippen molar-refractivity contribution < 1.29 is 0 Å². The van der Waals surface area contributed by atoms with E-state index in [1.165, 1.54) is 25.6 Å². The summed E-state index contributed by atoms with van der Waals surface area (Å²) in [4.78, 5) is 20.1. The van der Waals surface area contributed by atoms with Crippen molar-refractivity contribution in [1.29, 1.82) is 0 Å². The van der Waals surface area contributed by atoms with Gasteiger partial charge >= 0.3 is 0 Å². The molecule has 0 aromatic carbocycles. The quantitative estimate of drug-likeness (QED) is 0.853. The number of nitrogens with one attached hydrogen (secondary N) is 2. The Hall–Kier alpha value is -1.07. The maximum absolute atomic E-state index is 11.2. The average molecular weight is 257 g/mol. The third-order valence-electron chi connectivity index (χ3n) is 2.97. The Bertz CT molecular complexity index is 414. The third kappa shape index (κ3) is 3.44. The minimum Gasteiger partial charge on any atom is -0.367 e. The number of halogens is 1. The number of rotatable bonds is 4. The van der Waals surface area contributed by atoms with Gasteiger partial charge in [0.15, 0.2) is 5.82 Å². The highest BCUT2D eigenvalue weighted by molar-refractivity contribution is 6.32. The Morgan fingerprint density at radius 2 is 2.18 bits per heavy atom. The highest BCUT2D eigenvalue weighted by Crippen LogP contribution is 2.12. The number of hydrogen-bond acceptors (Lipinski definition) is 4. The zero-order chi connectivity index (χ0) is 12.1. The summed E-state index contributed by atoms with van der Waals surface area (Å²) in [6.07, 6.45) is 5.26. The van der Waals surface area contributed by atoms with Crippen molar-refractivity contribution in [2.45, 2.75) is 19.3 Å². The molecule has 2 heterocycles. The maximum atomic E-state index is 11.2. The molecule has 5 nitrogen and oxygen atoms in total. The predicted molar refractivity (Wildman–Crippen MR) is 68.6 cm³/mol. The lowest BCUT2D eigenvalue weighted by molar-refractivity contribution is 0.237. The van der Waals surface area contributed by atoms with Crippen molar-refractivity contribution in [3.05, 3.63) is 21.7 Å². The van der Waals surface area contributed by atoms with Gasteiger partial charge in [0.1, 0.15) is 5.02 Å². The van der Waals surface area contributed by atoms with Gasteiger partial charge in [-0.3, -0.25) is 4.79 Å². The standard InChI is InChI=1S/C11H17ClN4O/c12-9-10(14-8-15-11(9)17)13-4-7-16-5-2-1-3-6-16/h8H,1-7H2,(H2,13,14,15,17). The monoisotopic (exact) mass is 256 g/mol. The van der Waals surface area contributed by atoms with E-state index in [2.05, 4.69) is 20.2 Å². The minimum atomic E-state index is -0.304. The molecule has 0 saturated carbocycles. The number of anilines is 1. The van der Waals surface area contributed by atoms with Crippen LogP contribution in [0.3, 0.4) is 0 Å². The van der Waals surface area contributed by atoms with Gasteiger partial charge in [-0.1, -0.05) is 18.0 Å². The van der Waals surface area contributed by atoms with E-state index in [9.17, 15) is 4.79 Å². The van der Waals surface area contributed by atoms with Crippen LogP contribution in [0.4, 0.5) is 5.82 Å². The molecule has 94 valence electrons. The third-order valence-corrected chi connectivity index (χ3v) is 3.32. The molecule has 2 N–H and O–H groups in total. The van der Waals surface area contributed by atoms with E-state index < -0.39 is 0 Å². The topological polar surface area (TPSA) is 61.0 Å². The lowest BCUT2D eigenvalue weighted by Crippen LogP contribution is -2.34. The maximum Gasteiger partial charge on any atom is 0.271 e. The van der Waals surface area contributed by atoms with Crippen molar-refractivity contribution in [3.8, 4) is 0 Å². The van der Waals surface area contributed by atoms with Crippen LogP contribution in [0.5, 0.6) is 0 Å². The number of H-pyrrole nitrogens is 1. The number of likely N-dealkylation sites (tertiary alicyclic amines) is 1. The van der Waals surface area contributed by atoms with Gasteiger partial charge in [-0.25, -0.2) is 4.98 Å². The Morgan fingerprint density at radius 3 is 2.94 bits per heavy atom. The van der Waals surface area contributed by atoms with Crippen molar-refractivity contribution in [2.75, 3.05) is 31.5 Å². The minimum absolute atomic E-state index is 0.131. The Labute approximate surface area is 105 Å². The number of aromatic nitrogens is 2. The molecule has 2 rings (SSSR count). The molecule has 1 aliphatic rings. The molecule has 0 unspecified atom stereocenters. The van der Waals surface area contributed by atoms with E-state index in [4.69, 9.17) is 11.6 Å². The second kappa shape index (κ2) is 6.02. The molecule has 1 saturated heterocycles. The Balaban J connectivity index is 1.81. The molecular formula is C11H17ClN4O. The van der Waals surface area contributed by atoms with E-state index >= 15 is 0 Å². The Kier molecular flexibility index (Phi) is 4.39. The van der Waals surface area contributed by atoms with Crippen LogP contribution in [-0.4, -0.2) is 41.0 Å². The summed E-state index contributed by atoms with van der Waals surface area (Å²) in [6.45, 7) is 4.05. The summed E-state index contributed by atoms with van der Waals surface area (Å²) in [5.74, 6) is 0.465. The van der Waals surface area contributed by atoms with Gasteiger partial charge in [0.25, 0.3) is 5.56 Å². The van der Waals surface area contributed by atoms with Gasteiger partial charge in [0, 0.05) is 13.1 Å². The second-order valence-corrected chi connectivity index (χ2v) is 4.60. The summed E-state index contributed by atoms with van der Waals surface area (Å²) in [5, 5.41) is 3.23. The van der Waals surface area contributed by atoms with E-state index in [-0.39, 0.29) is 10.6 Å². The van der Waals surface area contributed by atoms with Gasteiger partial charge in [-0.05, 0) is 25.9 Å². The lowest BCUT2D eigenvalue weighted by atomic mass is 10.1. The number of aromatic amines is 1. The summed E-state index contributed by atoms with van der Waals surface area (Å²) in [6, 6.07) is 0. The largest absolute Gasteiger partial charge is 0.367 e. The van der Waals surface area contributed by atoms with Gasteiger partial charge in [0.2, 0.25) is 0 Å². The number of hydrogen-bond donors (Lipinski definition) is 2. The highest BCUT2D eigenvalue weighted by Gasteiger charge is 2.10. The first-order chi connectivity index (χ1) is 8.27. The smallest absolute Gasteiger partial charge is 0.271 e. The fourth-order valence-corrected chi connectivity index (χ4v) is 2.19. The van der Waals surface area contributed by atoms with Gasteiger partial charge < -0.3 is 15.2 Å². The van der Waals surface area contributed by atoms with E-state index in [0.29, 0.717) is 5.82 Å². The zero-order valence-corrected chi connectivity index (χ0v) is 10.5. The van der Waals surface area contributed by atoms with Crippen LogP contribution in [0.2, 0.25) is 5.02 Å². The molecule has 0 radical (unpaired) electrons. The summed E-state index contributed by atoms with van der Waals surface area (Å²) in [7, 11) is 0. The fraction of sp³-hybridized carbons (Fsp3) is 0.636. The van der Waals surface area contributed by atoms with Crippen LogP contribution < -0.4 is 10.9 Å². The normalized spacial score (nSPS) is 17.0. The molecule has 0 aliphatic carbocycles. The molecule has 1 fully saturated rings. The SMILES string of the molecule is O=c1[nH]cnc(NCCN2CCCCC2)c1Cl. The summed E-state index contributed by atoms with van der Waals surface area (Å²) < 4.78 is 0. The molecule has 0 amide bonds. The van der Waals surface area contributed by atoms with Crippen LogP contribution in [0.15, 0.2) is 11.1 Å². The molecule has 0 atom stereocenters. The second-order valence-electron chi connectivity index (χ2n) is 4.22. The van der Waals surface area contributed by atoms with Crippen LogP contribution in [0.1, 0.15) is 19.3 Å². The molecule has 17 heavy (non-hydrogen) atoms. The van der Waals surface area contributed by atoms with E-state index in [1.54, 1.807) is 0 Å². The van der Waals surface area contributed by atoms with Crippen molar-refractivity contribution in [2.24, 2.45) is 0 Å². The number of nitrogens with zero attached hydrogens (tertiary/aromatic N) is 2. The molecule has 1 aromatic heterocycles. The average Bonchev–Trinajstić information content (AvgIpc) is 2.36. The van der Waals surface area contributed by atoms with Crippen molar-refractivity contribution in [3.63, 3.8) is 0 Å². The molecule has 0 spiro atoms. The Morgan fingerprint density at radius 1 is 1.41 bits per heavy atom. The lowest BCUT2D eigenvalue weighted by Gasteiger charge is -2.26. The van der Waals surface area contributed by atoms with Crippen LogP contribution >= 0.6 is 11.6 Å². The van der Waals surface area contributed by atoms with Crippen LogP contribution in [-0.2, 0) is 0 Å². The van der Waals surface area contributed by atoms with Gasteiger partial charge in [-0.2, -0.15) is 0 Å². The molecule has 1 aliphatic heterocycles. The van der Waals surface area contributed by atoms with Crippen molar-refractivity contribution >= 4 is 17.4 Å². The summed E-state index contributed by atoms with van der Waals surface area (Å²) in [5.41, 5.74) is -0.304. The predicted octanol–water partition coefficient (Wildman–Crippen LogP) is 1.32. The fourth-order valence-electron chi connectivity index (χ4n) is 2.02. The van der Waals surface area contributed by atoms with Crippen molar-refractivity contribution in [1.82, 2.24) is 14.9 Å². The first-order valence-electron chi connectivity index (χ1n) is 5.97. The van der Waals surface area contributed by atoms with E-state index in [1.807, 2.05) is 0 Å².